The Morgan fingerprint density at radius 1 is 0.469 bits per heavy atom. The maximum absolute atomic E-state index is 13.4. The average molecular weight is 1030 g/mol. The first kappa shape index (κ1) is 49.8. The standard InChI is InChI=1S/C42H30Cl8N8O6/c1-17-11-32(54-42(64)38(20(4)60)58-56-30-10-6-8-24(34(30)48)40(62)52-22-15-27(45)36(50)28(46)16-22)18(2)12-31(17)53-41(63)37(19(3)59)57-55-29-9-5-7-23(33(29)47)39(61)51-21-13-25(43)35(49)26(44)14-21/h5-16,37-38H,1-4H3,(H,51,61)(H,52,62)(H,53,63)(H,54,64). The molecule has 22 heteroatoms. The lowest BCUT2D eigenvalue weighted by Gasteiger charge is -2.16. The lowest BCUT2D eigenvalue weighted by Crippen LogP contribution is -2.32. The minimum Gasteiger partial charge on any atom is -0.324 e. The van der Waals surface area contributed by atoms with E-state index in [0.29, 0.717) is 11.1 Å². The second-order valence-corrected chi connectivity index (χ2v) is 16.8. The van der Waals surface area contributed by atoms with Gasteiger partial charge in [0.15, 0.2) is 11.6 Å². The third-order valence-corrected chi connectivity index (χ3v) is 12.0. The van der Waals surface area contributed by atoms with Crippen molar-refractivity contribution in [3.8, 4) is 0 Å². The molecule has 4 amide bonds. The number of azo groups is 2. The lowest BCUT2D eigenvalue weighted by atomic mass is 10.1. The summed E-state index contributed by atoms with van der Waals surface area (Å²) in [6, 6.07) is 14.1. The average Bonchev–Trinajstić information content (AvgIpc) is 3.21. The molecule has 5 rings (SSSR count). The van der Waals surface area contributed by atoms with Crippen LogP contribution in [0.5, 0.6) is 0 Å². The summed E-state index contributed by atoms with van der Waals surface area (Å²) in [5, 5.41) is 26.9. The normalized spacial score (nSPS) is 12.2. The highest BCUT2D eigenvalue weighted by Crippen LogP contribution is 2.36. The van der Waals surface area contributed by atoms with Crippen LogP contribution in [0.25, 0.3) is 0 Å². The predicted octanol–water partition coefficient (Wildman–Crippen LogP) is 13.4. The molecule has 0 saturated carbocycles. The summed E-state index contributed by atoms with van der Waals surface area (Å²) in [7, 11) is 0. The zero-order valence-electron chi connectivity index (χ0n) is 33.3. The van der Waals surface area contributed by atoms with Gasteiger partial charge in [-0.25, -0.2) is 0 Å². The van der Waals surface area contributed by atoms with Crippen LogP contribution in [-0.2, 0) is 19.2 Å². The molecule has 0 aromatic heterocycles. The Labute approximate surface area is 405 Å². The molecule has 5 aromatic carbocycles. The molecule has 0 heterocycles. The number of benzene rings is 5. The van der Waals surface area contributed by atoms with Crippen molar-refractivity contribution in [3.63, 3.8) is 0 Å². The number of hydrogen-bond donors (Lipinski definition) is 4. The monoisotopic (exact) mass is 1020 g/mol. The molecule has 0 bridgehead atoms. The summed E-state index contributed by atoms with van der Waals surface area (Å²) in [4.78, 5) is 78.2. The number of anilines is 4. The largest absolute Gasteiger partial charge is 0.324 e. The Kier molecular flexibility index (Phi) is 16.9. The van der Waals surface area contributed by atoms with Crippen molar-refractivity contribution in [1.29, 1.82) is 0 Å². The second-order valence-electron chi connectivity index (χ2n) is 13.6. The fourth-order valence-corrected chi connectivity index (χ4v) is 7.25. The van der Waals surface area contributed by atoms with Gasteiger partial charge in [-0.1, -0.05) is 105 Å². The van der Waals surface area contributed by atoms with E-state index in [1.807, 2.05) is 0 Å². The van der Waals surface area contributed by atoms with Crippen LogP contribution < -0.4 is 21.3 Å². The minimum absolute atomic E-state index is 0.00911. The van der Waals surface area contributed by atoms with Crippen LogP contribution in [0.3, 0.4) is 0 Å². The summed E-state index contributed by atoms with van der Waals surface area (Å²) in [6.45, 7) is 5.55. The zero-order valence-corrected chi connectivity index (χ0v) is 39.4. The van der Waals surface area contributed by atoms with E-state index in [1.165, 1.54) is 72.8 Å². The van der Waals surface area contributed by atoms with E-state index in [4.69, 9.17) is 92.8 Å². The van der Waals surface area contributed by atoms with Crippen molar-refractivity contribution in [1.82, 2.24) is 0 Å². The van der Waals surface area contributed by atoms with Gasteiger partial charge in [0.05, 0.1) is 51.3 Å². The molecule has 4 N–H and O–H groups in total. The van der Waals surface area contributed by atoms with Crippen molar-refractivity contribution >= 4 is 162 Å². The van der Waals surface area contributed by atoms with Gasteiger partial charge in [-0.05, 0) is 99.5 Å². The van der Waals surface area contributed by atoms with E-state index in [0.717, 1.165) is 13.8 Å². The molecule has 0 aliphatic heterocycles. The molecule has 64 heavy (non-hydrogen) atoms. The van der Waals surface area contributed by atoms with Crippen molar-refractivity contribution in [2.75, 3.05) is 21.3 Å². The number of aryl methyl sites for hydroxylation is 2. The summed E-state index contributed by atoms with van der Waals surface area (Å²) < 4.78 is 0. The number of nitrogens with zero attached hydrogens (tertiary/aromatic N) is 4. The maximum Gasteiger partial charge on any atom is 0.258 e. The quantitative estimate of drug-likeness (QED) is 0.0484. The van der Waals surface area contributed by atoms with Crippen LogP contribution in [0.4, 0.5) is 34.1 Å². The van der Waals surface area contributed by atoms with Crippen molar-refractivity contribution in [2.45, 2.75) is 39.8 Å². The SMILES string of the molecule is CC(=O)C(N=Nc1cccc(C(=O)Nc2cc(Cl)c(Cl)c(Cl)c2)c1Cl)C(=O)Nc1cc(C)c(NC(=O)C(N=Nc2cccc(C(=O)Nc3cc(Cl)c(Cl)c(Cl)c3)c2Cl)C(C)=O)cc1C. The van der Waals surface area contributed by atoms with Crippen LogP contribution in [-0.4, -0.2) is 47.3 Å². The van der Waals surface area contributed by atoms with Gasteiger partial charge in [-0.3, -0.25) is 28.8 Å². The van der Waals surface area contributed by atoms with Gasteiger partial charge in [-0.15, -0.1) is 0 Å². The topological polar surface area (TPSA) is 200 Å². The van der Waals surface area contributed by atoms with E-state index >= 15 is 0 Å². The smallest absolute Gasteiger partial charge is 0.258 e. The van der Waals surface area contributed by atoms with Crippen LogP contribution in [0, 0.1) is 13.8 Å². The van der Waals surface area contributed by atoms with E-state index in [2.05, 4.69) is 41.7 Å². The highest BCUT2D eigenvalue weighted by molar-refractivity contribution is 6.49. The number of halogens is 8. The number of carbonyl (C=O) groups excluding carboxylic acids is 6. The van der Waals surface area contributed by atoms with E-state index < -0.39 is 47.3 Å². The highest BCUT2D eigenvalue weighted by Gasteiger charge is 2.27. The van der Waals surface area contributed by atoms with Gasteiger partial charge in [0.2, 0.25) is 12.1 Å². The van der Waals surface area contributed by atoms with Gasteiger partial charge in [0.1, 0.15) is 11.4 Å². The lowest BCUT2D eigenvalue weighted by molar-refractivity contribution is -0.127. The van der Waals surface area contributed by atoms with Crippen molar-refractivity contribution in [3.05, 3.63) is 135 Å². The predicted molar refractivity (Wildman–Crippen MR) is 253 cm³/mol. The Morgan fingerprint density at radius 3 is 1.11 bits per heavy atom. The van der Waals surface area contributed by atoms with E-state index in [9.17, 15) is 28.8 Å². The number of ketones is 2. The molecule has 5 aromatic rings. The van der Waals surface area contributed by atoms with Gasteiger partial charge in [0.25, 0.3) is 23.6 Å². The Bertz CT molecular complexity index is 2590. The van der Waals surface area contributed by atoms with Crippen molar-refractivity contribution < 1.29 is 28.8 Å². The molecule has 0 saturated heterocycles. The molecule has 0 spiro atoms. The number of nitrogens with one attached hydrogen (secondary N) is 4. The Hall–Kier alpha value is -5.16. The minimum atomic E-state index is -1.63. The van der Waals surface area contributed by atoms with Gasteiger partial charge >= 0.3 is 0 Å². The third kappa shape index (κ3) is 12.1. The van der Waals surface area contributed by atoms with Crippen LogP contribution in [0.15, 0.2) is 93.3 Å². The Morgan fingerprint density at radius 2 is 0.797 bits per heavy atom. The van der Waals surface area contributed by atoms with Crippen molar-refractivity contribution in [2.24, 2.45) is 20.5 Å². The highest BCUT2D eigenvalue weighted by atomic mass is 35.5. The second kappa shape index (κ2) is 21.7. The van der Waals surface area contributed by atoms with Crippen LogP contribution >= 0.6 is 92.8 Å². The molecule has 0 radical (unpaired) electrons. The maximum atomic E-state index is 13.4. The molecular weight excluding hydrogens is 996 g/mol. The number of rotatable bonds is 14. The molecule has 14 nitrogen and oxygen atoms in total. The fourth-order valence-electron chi connectivity index (χ4n) is 5.56. The first-order chi connectivity index (χ1) is 30.2. The zero-order chi connectivity index (χ0) is 47.2. The molecule has 2 atom stereocenters. The molecule has 330 valence electrons. The summed E-state index contributed by atoms with van der Waals surface area (Å²) in [5.74, 6) is -4.28. The summed E-state index contributed by atoms with van der Waals surface area (Å²) in [5.41, 5.74) is 1.88. The fraction of sp³-hybridized carbons (Fsp3) is 0.143. The van der Waals surface area contributed by atoms with Crippen LogP contribution in [0.2, 0.25) is 40.2 Å². The summed E-state index contributed by atoms with van der Waals surface area (Å²) >= 11 is 49.3. The first-order valence-electron chi connectivity index (χ1n) is 18.2. The van der Waals surface area contributed by atoms with Gasteiger partial charge in [0, 0.05) is 22.7 Å². The van der Waals surface area contributed by atoms with Gasteiger partial charge in [-0.2, -0.15) is 20.5 Å². The molecule has 0 aliphatic rings. The first-order valence-corrected chi connectivity index (χ1v) is 21.2. The van der Waals surface area contributed by atoms with E-state index in [1.54, 1.807) is 13.8 Å². The van der Waals surface area contributed by atoms with Gasteiger partial charge < -0.3 is 21.3 Å². The number of Topliss-reactive ketones (excluding diaryl/α,β-unsaturated/α-hetero) is 2. The number of carbonyl (C=O) groups is 6. The van der Waals surface area contributed by atoms with Crippen LogP contribution in [0.1, 0.15) is 45.7 Å². The third-order valence-electron chi connectivity index (χ3n) is 8.85. The Balaban J connectivity index is 1.27. The molecule has 0 fully saturated rings. The number of hydrogen-bond acceptors (Lipinski definition) is 10. The molecule has 2 unspecified atom stereocenters. The summed E-state index contributed by atoms with van der Waals surface area (Å²) in [6.07, 6.45) is 0. The molecular formula is C42H30Cl8N8O6. The van der Waals surface area contributed by atoms with E-state index in [-0.39, 0.29) is 85.4 Å². The molecule has 0 aliphatic carbocycles. The number of amides is 4.